The molecule has 3 nitrogen and oxygen atoms in total. The van der Waals surface area contributed by atoms with E-state index in [9.17, 15) is 0 Å². The minimum Gasteiger partial charge on any atom is -0.393 e. The Morgan fingerprint density at radius 3 is 2.76 bits per heavy atom. The third kappa shape index (κ3) is 3.12. The number of nitrogens with one attached hydrogen (secondary N) is 1. The molecule has 0 amide bonds. The minimum absolute atomic E-state index is 0. The Labute approximate surface area is 124 Å². The Hall–Kier alpha value is -0.312. The summed E-state index contributed by atoms with van der Waals surface area (Å²) < 4.78 is 0. The molecule has 2 rings (SSSR count). The maximum absolute atomic E-state index is 5.88. The number of pyridine rings is 1. The summed E-state index contributed by atoms with van der Waals surface area (Å²) in [6.45, 7) is 3.88. The Morgan fingerprint density at radius 2 is 2.12 bits per heavy atom. The van der Waals surface area contributed by atoms with Gasteiger partial charge in [0, 0.05) is 32.4 Å². The van der Waals surface area contributed by atoms with Gasteiger partial charge >= 0.3 is 0 Å². The zero-order valence-corrected chi connectivity index (χ0v) is 14.2. The number of nitrogens with zero attached hydrogens (tertiary/aromatic N) is 2. The van der Waals surface area contributed by atoms with Gasteiger partial charge in [0.1, 0.15) is 5.03 Å². The number of hydrogen-bond acceptors (Lipinski definition) is 4. The van der Waals surface area contributed by atoms with Crippen LogP contribution in [-0.4, -0.2) is 17.0 Å². The Bertz CT molecular complexity index is 500. The standard InChI is InChI=1S/C11H11ClN3S.W/c1-6-11-7(2)15-10(16-3)5-13-8(11)4-9(12)14-6;/h5,13H,1-3H3;/q-1;. The van der Waals surface area contributed by atoms with E-state index in [2.05, 4.69) is 21.4 Å². The topological polar surface area (TPSA) is 37.3 Å². The second kappa shape index (κ2) is 6.03. The predicted molar refractivity (Wildman–Crippen MR) is 70.3 cm³/mol. The summed E-state index contributed by atoms with van der Waals surface area (Å²) in [5.41, 5.74) is 3.61. The van der Waals surface area contributed by atoms with Gasteiger partial charge in [0.15, 0.2) is 0 Å². The third-order valence-corrected chi connectivity index (χ3v) is 3.10. The molecule has 0 aromatic carbocycles. The molecule has 0 radical (unpaired) electrons. The van der Waals surface area contributed by atoms with Gasteiger partial charge in [-0.15, -0.1) is 23.0 Å². The van der Waals surface area contributed by atoms with Crippen LogP contribution in [0.2, 0.25) is 5.15 Å². The van der Waals surface area contributed by atoms with Crippen LogP contribution in [0, 0.1) is 13.0 Å². The Balaban J connectivity index is 0.00000144. The summed E-state index contributed by atoms with van der Waals surface area (Å²) in [4.78, 5) is 8.69. The maximum Gasteiger partial charge on any atom is 0.110 e. The second-order valence-corrected chi connectivity index (χ2v) is 4.58. The first-order valence-electron chi connectivity index (χ1n) is 4.77. The molecule has 0 saturated heterocycles. The van der Waals surface area contributed by atoms with Crippen LogP contribution >= 0.6 is 23.4 Å². The van der Waals surface area contributed by atoms with Crippen molar-refractivity contribution in [3.8, 4) is 0 Å². The molecule has 0 unspecified atom stereocenters. The van der Waals surface area contributed by atoms with Crippen LogP contribution in [0.1, 0.15) is 18.2 Å². The predicted octanol–water partition coefficient (Wildman–Crippen LogP) is 3.24. The van der Waals surface area contributed by atoms with Crippen LogP contribution < -0.4 is 5.32 Å². The fourth-order valence-corrected chi connectivity index (χ4v) is 2.25. The zero-order valence-electron chi connectivity index (χ0n) is 9.67. The molecule has 17 heavy (non-hydrogen) atoms. The number of aromatic nitrogens is 1. The molecular weight excluding hydrogens is 426 g/mol. The summed E-state index contributed by atoms with van der Waals surface area (Å²) in [6.07, 6.45) is 3.84. The molecule has 1 aliphatic rings. The summed E-state index contributed by atoms with van der Waals surface area (Å²) in [5.74, 6) is 0. The molecule has 90 valence electrons. The molecule has 0 aliphatic carbocycles. The van der Waals surface area contributed by atoms with Crippen LogP contribution in [0.4, 0.5) is 5.69 Å². The number of anilines is 1. The Morgan fingerprint density at radius 1 is 1.41 bits per heavy atom. The monoisotopic (exact) mass is 436 g/mol. The molecule has 0 fully saturated rings. The van der Waals surface area contributed by atoms with Crippen molar-refractivity contribution in [2.75, 3.05) is 11.6 Å². The van der Waals surface area contributed by atoms with Gasteiger partial charge in [0.2, 0.25) is 0 Å². The average Bonchev–Trinajstić information content (AvgIpc) is 2.37. The van der Waals surface area contributed by atoms with Gasteiger partial charge in [0.05, 0.1) is 0 Å². The normalized spacial score (nSPS) is 13.6. The van der Waals surface area contributed by atoms with Gasteiger partial charge < -0.3 is 5.32 Å². The quantitative estimate of drug-likeness (QED) is 0.543. The van der Waals surface area contributed by atoms with Crippen molar-refractivity contribution in [2.45, 2.75) is 13.8 Å². The van der Waals surface area contributed by atoms with E-state index in [1.54, 1.807) is 11.8 Å². The summed E-state index contributed by atoms with van der Waals surface area (Å²) in [5, 5.41) is 4.46. The average molecular weight is 437 g/mol. The first-order chi connectivity index (χ1) is 7.61. The van der Waals surface area contributed by atoms with Crippen molar-refractivity contribution < 1.29 is 21.1 Å². The number of fused-ring (bicyclic) bond motifs is 1. The van der Waals surface area contributed by atoms with Gasteiger partial charge in [-0.2, -0.15) is 6.07 Å². The number of aliphatic imine (C=N–C) groups is 1. The first kappa shape index (κ1) is 14.7. The molecule has 0 saturated carbocycles. The number of aryl methyl sites for hydroxylation is 1. The molecule has 2 heterocycles. The number of thioether (sulfide) groups is 1. The van der Waals surface area contributed by atoms with Crippen molar-refractivity contribution in [3.05, 3.63) is 33.7 Å². The summed E-state index contributed by atoms with van der Waals surface area (Å²) in [7, 11) is 0. The molecular formula is C11H11ClN3SW-. The van der Waals surface area contributed by atoms with Crippen LogP contribution in [0.25, 0.3) is 0 Å². The molecule has 1 aromatic rings. The molecule has 0 bridgehead atoms. The van der Waals surface area contributed by atoms with Crippen LogP contribution in [0.15, 0.2) is 16.2 Å². The van der Waals surface area contributed by atoms with Crippen molar-refractivity contribution >= 4 is 34.8 Å². The van der Waals surface area contributed by atoms with E-state index in [0.29, 0.717) is 5.15 Å². The Kier molecular flexibility index (Phi) is 5.23. The smallest absolute Gasteiger partial charge is 0.110 e. The fraction of sp³-hybridized carbons (Fsp3) is 0.273. The van der Waals surface area contributed by atoms with E-state index >= 15 is 0 Å². The second-order valence-electron chi connectivity index (χ2n) is 3.39. The number of hydrogen-bond donors (Lipinski definition) is 1. The van der Waals surface area contributed by atoms with E-state index < -0.39 is 0 Å². The molecule has 1 aliphatic heterocycles. The summed E-state index contributed by atoms with van der Waals surface area (Å²) >= 11 is 7.47. The van der Waals surface area contributed by atoms with E-state index in [0.717, 1.165) is 27.7 Å². The van der Waals surface area contributed by atoms with E-state index in [1.807, 2.05) is 26.3 Å². The van der Waals surface area contributed by atoms with Crippen molar-refractivity contribution in [3.63, 3.8) is 0 Å². The maximum atomic E-state index is 5.88. The molecule has 0 atom stereocenters. The van der Waals surface area contributed by atoms with Crippen LogP contribution in [0.5, 0.6) is 0 Å². The van der Waals surface area contributed by atoms with E-state index in [-0.39, 0.29) is 21.1 Å². The number of rotatable bonds is 1. The van der Waals surface area contributed by atoms with Crippen LogP contribution in [0.3, 0.4) is 0 Å². The van der Waals surface area contributed by atoms with Gasteiger partial charge in [-0.25, -0.2) is 0 Å². The molecule has 1 aromatic heterocycles. The van der Waals surface area contributed by atoms with Crippen LogP contribution in [-0.2, 0) is 21.1 Å². The molecule has 6 heteroatoms. The van der Waals surface area contributed by atoms with Gasteiger partial charge in [0.25, 0.3) is 0 Å². The van der Waals surface area contributed by atoms with Gasteiger partial charge in [-0.1, -0.05) is 11.6 Å². The molecule has 0 spiro atoms. The van der Waals surface area contributed by atoms with Crippen molar-refractivity contribution in [1.82, 2.24) is 4.98 Å². The van der Waals surface area contributed by atoms with Gasteiger partial charge in [-0.05, 0) is 31.5 Å². The van der Waals surface area contributed by atoms with E-state index in [4.69, 9.17) is 11.6 Å². The first-order valence-corrected chi connectivity index (χ1v) is 6.38. The largest absolute Gasteiger partial charge is 0.393 e. The fourth-order valence-electron chi connectivity index (χ4n) is 1.62. The van der Waals surface area contributed by atoms with Crippen molar-refractivity contribution in [2.24, 2.45) is 4.99 Å². The van der Waals surface area contributed by atoms with Crippen molar-refractivity contribution in [1.29, 1.82) is 0 Å². The summed E-state index contributed by atoms with van der Waals surface area (Å²) in [6, 6.07) is 2.99. The number of halogens is 1. The minimum atomic E-state index is 0. The van der Waals surface area contributed by atoms with E-state index in [1.165, 1.54) is 0 Å². The third-order valence-electron chi connectivity index (χ3n) is 2.29. The SMILES string of the molecule is CSC1=CNc2[c-]c(Cl)nc(C)c2C(C)=N1.[W]. The zero-order chi connectivity index (χ0) is 11.7. The van der Waals surface area contributed by atoms with Gasteiger partial charge in [-0.3, -0.25) is 9.98 Å². The molecule has 1 N–H and O–H groups in total.